The molecule has 122 valence electrons. The molecule has 0 fully saturated rings. The minimum atomic E-state index is -0.504. The number of nitrogens with one attached hydrogen (secondary N) is 1. The number of nitrogen functional groups attached to an aromatic ring is 1. The number of halogens is 1. The highest BCUT2D eigenvalue weighted by atomic mass is 127. The van der Waals surface area contributed by atoms with Crippen LogP contribution in [0.2, 0.25) is 0 Å². The van der Waals surface area contributed by atoms with Crippen LogP contribution < -0.4 is 11.2 Å². The molecule has 24 heavy (non-hydrogen) atoms. The third-order valence-electron chi connectivity index (χ3n) is 3.03. The quantitative estimate of drug-likeness (QED) is 0.351. The Kier molecular flexibility index (Phi) is 4.50. The van der Waals surface area contributed by atoms with Crippen LogP contribution >= 0.6 is 22.6 Å². The van der Waals surface area contributed by atoms with E-state index in [1.54, 1.807) is 13.1 Å². The molecular formula is C13H11IN8O2. The number of benzene rings is 1. The third kappa shape index (κ3) is 3.24. The lowest BCUT2D eigenvalue weighted by molar-refractivity contribution is 0.0949. The predicted octanol–water partition coefficient (Wildman–Crippen LogP) is 0.909. The van der Waals surface area contributed by atoms with Crippen molar-refractivity contribution in [1.82, 2.24) is 30.7 Å². The van der Waals surface area contributed by atoms with Gasteiger partial charge >= 0.3 is 0 Å². The molecule has 0 radical (unpaired) electrons. The van der Waals surface area contributed by atoms with Gasteiger partial charge in [0.15, 0.2) is 5.69 Å². The Bertz CT molecular complexity index is 916. The van der Waals surface area contributed by atoms with Crippen molar-refractivity contribution in [2.75, 3.05) is 5.73 Å². The van der Waals surface area contributed by atoms with E-state index in [-0.39, 0.29) is 17.3 Å². The molecule has 0 saturated carbocycles. The molecule has 0 bridgehead atoms. The lowest BCUT2D eigenvalue weighted by atomic mass is 10.2. The number of rotatable bonds is 4. The molecule has 3 rings (SSSR count). The Morgan fingerprint density at radius 2 is 2.29 bits per heavy atom. The van der Waals surface area contributed by atoms with Crippen molar-refractivity contribution >= 4 is 40.5 Å². The van der Waals surface area contributed by atoms with Crippen LogP contribution in [0.15, 0.2) is 34.0 Å². The van der Waals surface area contributed by atoms with Crippen molar-refractivity contribution < 1.29 is 9.42 Å². The van der Waals surface area contributed by atoms with Gasteiger partial charge in [-0.2, -0.15) is 9.78 Å². The number of aromatic nitrogens is 5. The van der Waals surface area contributed by atoms with Gasteiger partial charge in [0, 0.05) is 3.57 Å². The first kappa shape index (κ1) is 16.0. The Morgan fingerprint density at radius 3 is 3.00 bits per heavy atom. The summed E-state index contributed by atoms with van der Waals surface area (Å²) in [4.78, 5) is 12.2. The highest BCUT2D eigenvalue weighted by Gasteiger charge is 2.20. The zero-order valence-electron chi connectivity index (χ0n) is 12.3. The van der Waals surface area contributed by atoms with Gasteiger partial charge in [-0.3, -0.25) is 4.79 Å². The Balaban J connectivity index is 1.74. The normalized spacial score (nSPS) is 11.1. The SMILES string of the molecule is Cc1c(C(=O)N/N=C/c2cccc(I)c2)nnn1-c1nonc1N. The molecule has 0 saturated heterocycles. The largest absolute Gasteiger partial charge is 0.378 e. The van der Waals surface area contributed by atoms with E-state index >= 15 is 0 Å². The zero-order valence-corrected chi connectivity index (χ0v) is 14.5. The Labute approximate surface area is 149 Å². The van der Waals surface area contributed by atoms with Crippen molar-refractivity contribution in [3.8, 4) is 5.82 Å². The molecule has 11 heteroatoms. The molecule has 0 unspecified atom stereocenters. The Hall–Kier alpha value is -2.83. The third-order valence-corrected chi connectivity index (χ3v) is 3.71. The van der Waals surface area contributed by atoms with Crippen LogP contribution in [-0.2, 0) is 0 Å². The molecule has 10 nitrogen and oxygen atoms in total. The van der Waals surface area contributed by atoms with Gasteiger partial charge in [0.2, 0.25) is 11.6 Å². The van der Waals surface area contributed by atoms with Gasteiger partial charge < -0.3 is 5.73 Å². The van der Waals surface area contributed by atoms with Gasteiger partial charge in [0.25, 0.3) is 5.91 Å². The van der Waals surface area contributed by atoms with Crippen LogP contribution in [0.3, 0.4) is 0 Å². The standard InChI is InChI=1S/C13H11IN8O2/c1-7-10(17-21-22(7)12-11(15)19-24-20-12)13(23)18-16-6-8-3-2-4-9(14)5-8/h2-6H,1H3,(H2,15,19)(H,18,23)/b16-6+. The maximum absolute atomic E-state index is 12.2. The highest BCUT2D eigenvalue weighted by Crippen LogP contribution is 2.14. The van der Waals surface area contributed by atoms with Crippen molar-refractivity contribution in [2.45, 2.75) is 6.92 Å². The summed E-state index contributed by atoms with van der Waals surface area (Å²) in [5, 5.41) is 18.6. The number of hydrazone groups is 1. The second kappa shape index (κ2) is 6.74. The van der Waals surface area contributed by atoms with Crippen LogP contribution in [0.5, 0.6) is 0 Å². The van der Waals surface area contributed by atoms with E-state index in [1.165, 1.54) is 4.68 Å². The van der Waals surface area contributed by atoms with Gasteiger partial charge in [-0.05, 0) is 57.5 Å². The lowest BCUT2D eigenvalue weighted by Crippen LogP contribution is -2.19. The van der Waals surface area contributed by atoms with E-state index in [4.69, 9.17) is 5.73 Å². The smallest absolute Gasteiger partial charge is 0.293 e. The van der Waals surface area contributed by atoms with E-state index < -0.39 is 5.91 Å². The monoisotopic (exact) mass is 438 g/mol. The second-order valence-electron chi connectivity index (χ2n) is 4.66. The topological polar surface area (TPSA) is 137 Å². The average Bonchev–Trinajstić information content (AvgIpc) is 3.13. The summed E-state index contributed by atoms with van der Waals surface area (Å²) in [6.45, 7) is 1.65. The fourth-order valence-electron chi connectivity index (χ4n) is 1.88. The molecule has 2 heterocycles. The molecule has 1 aromatic carbocycles. The summed E-state index contributed by atoms with van der Waals surface area (Å²) in [6, 6.07) is 7.66. The molecule has 0 aliphatic heterocycles. The molecule has 0 aliphatic rings. The van der Waals surface area contributed by atoms with Gasteiger partial charge in [-0.25, -0.2) is 10.1 Å². The number of carbonyl (C=O) groups excluding carboxylic acids is 1. The van der Waals surface area contributed by atoms with Crippen LogP contribution in [0.4, 0.5) is 5.82 Å². The number of nitrogens with zero attached hydrogens (tertiary/aromatic N) is 6. The number of hydrogen-bond donors (Lipinski definition) is 2. The molecule has 2 aromatic heterocycles. The lowest BCUT2D eigenvalue weighted by Gasteiger charge is -1.99. The fourth-order valence-corrected chi connectivity index (χ4v) is 2.45. The maximum atomic E-state index is 12.2. The minimum Gasteiger partial charge on any atom is -0.378 e. The van der Waals surface area contributed by atoms with E-state index in [0.717, 1.165) is 9.13 Å². The summed E-state index contributed by atoms with van der Waals surface area (Å²) in [6.07, 6.45) is 1.54. The highest BCUT2D eigenvalue weighted by molar-refractivity contribution is 14.1. The van der Waals surface area contributed by atoms with Crippen LogP contribution in [0.1, 0.15) is 21.7 Å². The molecule has 0 atom stereocenters. The summed E-state index contributed by atoms with van der Waals surface area (Å²) in [5.41, 5.74) is 9.39. The van der Waals surface area contributed by atoms with E-state index in [0.29, 0.717) is 5.69 Å². The summed E-state index contributed by atoms with van der Waals surface area (Å²) >= 11 is 2.20. The number of nitrogens with two attached hydrogens (primary N) is 1. The molecule has 0 aliphatic carbocycles. The van der Waals surface area contributed by atoms with Crippen molar-refractivity contribution in [3.63, 3.8) is 0 Å². The maximum Gasteiger partial charge on any atom is 0.293 e. The van der Waals surface area contributed by atoms with E-state index in [2.05, 4.69) is 58.4 Å². The first-order chi connectivity index (χ1) is 11.6. The summed E-state index contributed by atoms with van der Waals surface area (Å²) in [5.74, 6) is -0.288. The molecule has 1 amide bonds. The number of amides is 1. The summed E-state index contributed by atoms with van der Waals surface area (Å²) < 4.78 is 6.85. The van der Waals surface area contributed by atoms with Crippen molar-refractivity contribution in [1.29, 1.82) is 0 Å². The van der Waals surface area contributed by atoms with Crippen LogP contribution in [0.25, 0.3) is 5.82 Å². The first-order valence-electron chi connectivity index (χ1n) is 6.66. The Morgan fingerprint density at radius 1 is 1.46 bits per heavy atom. The molecule has 3 aromatic rings. The number of hydrogen-bond acceptors (Lipinski definition) is 8. The van der Waals surface area contributed by atoms with E-state index in [9.17, 15) is 4.79 Å². The molecule has 0 spiro atoms. The molecule has 3 N–H and O–H groups in total. The first-order valence-corrected chi connectivity index (χ1v) is 7.74. The van der Waals surface area contributed by atoms with E-state index in [1.807, 2.05) is 24.3 Å². The fraction of sp³-hybridized carbons (Fsp3) is 0.0769. The minimum absolute atomic E-state index is 0.0478. The van der Waals surface area contributed by atoms with Gasteiger partial charge in [0.1, 0.15) is 0 Å². The second-order valence-corrected chi connectivity index (χ2v) is 5.91. The average molecular weight is 438 g/mol. The van der Waals surface area contributed by atoms with Gasteiger partial charge in [0.05, 0.1) is 11.9 Å². The zero-order chi connectivity index (χ0) is 17.1. The van der Waals surface area contributed by atoms with Crippen LogP contribution in [-0.4, -0.2) is 37.4 Å². The van der Waals surface area contributed by atoms with Crippen molar-refractivity contribution in [2.24, 2.45) is 5.10 Å². The summed E-state index contributed by atoms with van der Waals surface area (Å²) in [7, 11) is 0. The van der Waals surface area contributed by atoms with Gasteiger partial charge in [-0.15, -0.1) is 5.10 Å². The molecular weight excluding hydrogens is 427 g/mol. The number of carbonyl (C=O) groups is 1. The van der Waals surface area contributed by atoms with Gasteiger partial charge in [-0.1, -0.05) is 17.3 Å². The predicted molar refractivity (Wildman–Crippen MR) is 92.6 cm³/mol. The van der Waals surface area contributed by atoms with Crippen molar-refractivity contribution in [3.05, 3.63) is 44.8 Å². The van der Waals surface area contributed by atoms with Crippen LogP contribution in [0, 0.1) is 10.5 Å². The number of anilines is 1.